The van der Waals surface area contributed by atoms with E-state index < -0.39 is 5.41 Å². The van der Waals surface area contributed by atoms with E-state index in [9.17, 15) is 4.79 Å². The second-order valence-corrected chi connectivity index (χ2v) is 9.41. The van der Waals surface area contributed by atoms with Gasteiger partial charge in [0.15, 0.2) is 0 Å². The number of hydrogen-bond acceptors (Lipinski definition) is 6. The third kappa shape index (κ3) is 3.87. The lowest BCUT2D eigenvalue weighted by Gasteiger charge is -2.21. The van der Waals surface area contributed by atoms with Gasteiger partial charge in [-0.1, -0.05) is 30.0 Å². The van der Waals surface area contributed by atoms with Crippen molar-refractivity contribution in [3.05, 3.63) is 52.9 Å². The van der Waals surface area contributed by atoms with E-state index in [1.54, 1.807) is 11.8 Å². The van der Waals surface area contributed by atoms with Crippen LogP contribution in [-0.4, -0.2) is 11.0 Å². The van der Waals surface area contributed by atoms with E-state index in [1.165, 1.54) is 21.1 Å². The molecule has 0 bridgehead atoms. The third-order valence-corrected chi connectivity index (χ3v) is 6.12. The minimum atomic E-state index is -0.502. The van der Waals surface area contributed by atoms with Crippen molar-refractivity contribution in [2.75, 3.05) is 5.32 Å². The second-order valence-electron chi connectivity index (χ2n) is 7.39. The van der Waals surface area contributed by atoms with Gasteiger partial charge in [0.1, 0.15) is 11.6 Å². The zero-order valence-electron chi connectivity index (χ0n) is 15.4. The summed E-state index contributed by atoms with van der Waals surface area (Å²) in [5, 5.41) is 6.30. The van der Waals surface area contributed by atoms with Crippen molar-refractivity contribution >= 4 is 40.4 Å². The Bertz CT molecular complexity index is 1010. The zero-order valence-corrected chi connectivity index (χ0v) is 17.0. The highest BCUT2D eigenvalue weighted by atomic mass is 32.2. The van der Waals surface area contributed by atoms with Crippen LogP contribution in [0.3, 0.4) is 0 Å². The molecule has 0 spiro atoms. The quantitative estimate of drug-likeness (QED) is 0.424. The van der Waals surface area contributed by atoms with Crippen molar-refractivity contribution in [2.24, 2.45) is 5.41 Å². The molecule has 0 atom stereocenters. The van der Waals surface area contributed by atoms with Gasteiger partial charge in [0.05, 0.1) is 22.5 Å². The van der Waals surface area contributed by atoms with E-state index in [1.807, 2.05) is 32.2 Å². The first kappa shape index (κ1) is 18.1. The van der Waals surface area contributed by atoms with Gasteiger partial charge in [-0.05, 0) is 45.0 Å². The lowest BCUT2D eigenvalue weighted by atomic mass is 9.97. The normalized spacial score (nSPS) is 12.7. The van der Waals surface area contributed by atoms with Gasteiger partial charge in [-0.25, -0.2) is 4.98 Å². The van der Waals surface area contributed by atoms with Crippen molar-refractivity contribution in [2.45, 2.75) is 37.2 Å². The van der Waals surface area contributed by atoms with Crippen LogP contribution in [0.1, 0.15) is 25.8 Å². The van der Waals surface area contributed by atoms with E-state index in [2.05, 4.69) is 46.7 Å². The molecule has 2 heterocycles. The minimum Gasteiger partial charge on any atom is -0.458 e. The van der Waals surface area contributed by atoms with Gasteiger partial charge in [-0.2, -0.15) is 0 Å². The first-order valence-corrected chi connectivity index (χ1v) is 10.4. The Kier molecular flexibility index (Phi) is 4.70. The van der Waals surface area contributed by atoms with E-state index in [4.69, 9.17) is 4.74 Å². The van der Waals surface area contributed by atoms with Crippen LogP contribution in [0, 0.1) is 5.41 Å². The summed E-state index contributed by atoms with van der Waals surface area (Å²) in [7, 11) is 0. The number of para-hydroxylation sites is 1. The Labute approximate surface area is 167 Å². The minimum absolute atomic E-state index is 0.215. The van der Waals surface area contributed by atoms with Crippen LogP contribution < -0.4 is 5.32 Å². The molecule has 0 aliphatic carbocycles. The Morgan fingerprint density at radius 2 is 1.89 bits per heavy atom. The van der Waals surface area contributed by atoms with E-state index in [0.717, 1.165) is 27.6 Å². The van der Waals surface area contributed by atoms with Gasteiger partial charge in [-0.15, -0.1) is 11.3 Å². The van der Waals surface area contributed by atoms with Gasteiger partial charge in [0, 0.05) is 20.7 Å². The van der Waals surface area contributed by atoms with Crippen LogP contribution in [0.15, 0.2) is 57.6 Å². The molecular formula is C21H20N2O2S2. The van der Waals surface area contributed by atoms with Crippen molar-refractivity contribution in [1.29, 1.82) is 0 Å². The van der Waals surface area contributed by atoms with Gasteiger partial charge in [-0.3, -0.25) is 4.79 Å². The SMILES string of the molecule is CC(C)(C)C(=O)OCc1nc(-c2ccc3c(c2)Nc2ccccc2S3)cs1. The van der Waals surface area contributed by atoms with E-state index in [0.29, 0.717) is 0 Å². The van der Waals surface area contributed by atoms with Gasteiger partial charge in [0.2, 0.25) is 0 Å². The van der Waals surface area contributed by atoms with Crippen LogP contribution >= 0.6 is 23.1 Å². The number of nitrogens with zero attached hydrogens (tertiary/aromatic N) is 1. The van der Waals surface area contributed by atoms with Crippen LogP contribution in [0.2, 0.25) is 0 Å². The smallest absolute Gasteiger partial charge is 0.311 e. The molecule has 4 rings (SSSR count). The Hall–Kier alpha value is -2.31. The van der Waals surface area contributed by atoms with Gasteiger partial charge < -0.3 is 10.1 Å². The highest BCUT2D eigenvalue weighted by Gasteiger charge is 2.23. The lowest BCUT2D eigenvalue weighted by Crippen LogP contribution is -2.22. The van der Waals surface area contributed by atoms with Crippen LogP contribution in [-0.2, 0) is 16.1 Å². The van der Waals surface area contributed by atoms with Crippen LogP contribution in [0.25, 0.3) is 11.3 Å². The molecule has 6 heteroatoms. The summed E-state index contributed by atoms with van der Waals surface area (Å²) in [4.78, 5) is 19.0. The second kappa shape index (κ2) is 7.02. The predicted octanol–water partition coefficient (Wildman–Crippen LogP) is 6.11. The fourth-order valence-corrected chi connectivity index (χ4v) is 4.34. The molecule has 0 radical (unpaired) electrons. The summed E-state index contributed by atoms with van der Waals surface area (Å²) in [5.74, 6) is -0.215. The molecule has 1 aromatic heterocycles. The molecule has 1 aliphatic rings. The standard InChI is InChI=1S/C21H20N2O2S2/c1-21(2,3)20(24)25-11-19-23-16(12-26-19)13-8-9-18-15(10-13)22-14-6-4-5-7-17(14)27-18/h4-10,12,22H,11H2,1-3H3. The highest BCUT2D eigenvalue weighted by Crippen LogP contribution is 2.45. The topological polar surface area (TPSA) is 51.2 Å². The third-order valence-electron chi connectivity index (χ3n) is 4.14. The first-order chi connectivity index (χ1) is 12.9. The molecule has 0 fully saturated rings. The fraction of sp³-hybridized carbons (Fsp3) is 0.238. The molecule has 1 aliphatic heterocycles. The summed E-state index contributed by atoms with van der Waals surface area (Å²) >= 11 is 3.28. The largest absolute Gasteiger partial charge is 0.458 e. The molecule has 27 heavy (non-hydrogen) atoms. The van der Waals surface area contributed by atoms with Crippen LogP contribution in [0.5, 0.6) is 0 Å². The molecule has 4 nitrogen and oxygen atoms in total. The van der Waals surface area contributed by atoms with E-state index >= 15 is 0 Å². The number of nitrogens with one attached hydrogen (secondary N) is 1. The molecule has 0 amide bonds. The molecule has 0 unspecified atom stereocenters. The number of benzene rings is 2. The molecule has 0 saturated carbocycles. The monoisotopic (exact) mass is 396 g/mol. The van der Waals surface area contributed by atoms with Crippen molar-refractivity contribution in [1.82, 2.24) is 4.98 Å². The number of carbonyl (C=O) groups is 1. The number of carbonyl (C=O) groups excluding carboxylic acids is 1. The predicted molar refractivity (Wildman–Crippen MR) is 111 cm³/mol. The number of fused-ring (bicyclic) bond motifs is 2. The maximum absolute atomic E-state index is 11.9. The summed E-state index contributed by atoms with van der Waals surface area (Å²) in [5.41, 5.74) is 3.66. The summed E-state index contributed by atoms with van der Waals surface area (Å²) in [6, 6.07) is 14.6. The molecule has 1 N–H and O–H groups in total. The van der Waals surface area contributed by atoms with Crippen molar-refractivity contribution < 1.29 is 9.53 Å². The molecule has 0 saturated heterocycles. The Morgan fingerprint density at radius 1 is 1.11 bits per heavy atom. The van der Waals surface area contributed by atoms with Crippen LogP contribution in [0.4, 0.5) is 11.4 Å². The lowest BCUT2D eigenvalue weighted by molar-refractivity contribution is -0.154. The van der Waals surface area contributed by atoms with Gasteiger partial charge in [0.25, 0.3) is 0 Å². The summed E-state index contributed by atoms with van der Waals surface area (Å²) in [6.07, 6.45) is 0. The molecule has 138 valence electrons. The fourth-order valence-electron chi connectivity index (χ4n) is 2.65. The number of aromatic nitrogens is 1. The number of esters is 1. The zero-order chi connectivity index (χ0) is 19.0. The van der Waals surface area contributed by atoms with Crippen molar-refractivity contribution in [3.8, 4) is 11.3 Å². The number of hydrogen-bond donors (Lipinski definition) is 1. The summed E-state index contributed by atoms with van der Waals surface area (Å²) in [6.45, 7) is 5.75. The number of anilines is 2. The summed E-state index contributed by atoms with van der Waals surface area (Å²) < 4.78 is 5.36. The highest BCUT2D eigenvalue weighted by molar-refractivity contribution is 7.99. The molecule has 3 aromatic rings. The van der Waals surface area contributed by atoms with Crippen molar-refractivity contribution in [3.63, 3.8) is 0 Å². The maximum Gasteiger partial charge on any atom is 0.311 e. The number of thiazole rings is 1. The Balaban J connectivity index is 1.51. The number of rotatable bonds is 3. The Morgan fingerprint density at radius 3 is 2.70 bits per heavy atom. The molecule has 2 aromatic carbocycles. The van der Waals surface area contributed by atoms with E-state index in [-0.39, 0.29) is 12.6 Å². The first-order valence-electron chi connectivity index (χ1n) is 8.70. The van der Waals surface area contributed by atoms with Gasteiger partial charge >= 0.3 is 5.97 Å². The molecular weight excluding hydrogens is 376 g/mol. The average molecular weight is 397 g/mol. The maximum atomic E-state index is 11.9. The average Bonchev–Trinajstić information content (AvgIpc) is 3.12. The number of ether oxygens (including phenoxy) is 1.